The molecule has 1 aromatic carbocycles. The van der Waals surface area contributed by atoms with E-state index in [1.165, 1.54) is 33.5 Å². The third kappa shape index (κ3) is 4.01. The highest BCUT2D eigenvalue weighted by Gasteiger charge is 2.30. The number of anilines is 1. The van der Waals surface area contributed by atoms with Gasteiger partial charge in [-0.15, -0.1) is 6.42 Å². The highest BCUT2D eigenvalue weighted by Crippen LogP contribution is 2.39. The van der Waals surface area contributed by atoms with Crippen molar-refractivity contribution in [2.24, 2.45) is 0 Å². The van der Waals surface area contributed by atoms with Crippen LogP contribution in [0.1, 0.15) is 11.3 Å². The van der Waals surface area contributed by atoms with Crippen molar-refractivity contribution in [2.45, 2.75) is 11.4 Å². The van der Waals surface area contributed by atoms with Gasteiger partial charge < -0.3 is 18.7 Å². The molecule has 0 aliphatic carbocycles. The van der Waals surface area contributed by atoms with Gasteiger partial charge in [0.05, 0.1) is 39.1 Å². The first-order valence-electron chi connectivity index (χ1n) is 9.47. The van der Waals surface area contributed by atoms with Gasteiger partial charge in [-0.25, -0.2) is 13.4 Å². The lowest BCUT2D eigenvalue weighted by molar-refractivity contribution is 0.373. The number of hydrogen-bond acceptors (Lipinski definition) is 9. The maximum absolute atomic E-state index is 13.4. The van der Waals surface area contributed by atoms with Gasteiger partial charge in [-0.05, 0) is 18.2 Å². The number of fused-ring (bicyclic) bond motifs is 1. The van der Waals surface area contributed by atoms with Crippen LogP contribution in [0.5, 0.6) is 17.4 Å². The minimum atomic E-state index is -4.28. The molecule has 0 atom stereocenters. The van der Waals surface area contributed by atoms with E-state index in [-0.39, 0.29) is 44.6 Å². The molecule has 3 heterocycles. The van der Waals surface area contributed by atoms with Crippen molar-refractivity contribution in [3.63, 3.8) is 0 Å². The molecule has 170 valence electrons. The molecule has 0 fully saturated rings. The van der Waals surface area contributed by atoms with E-state index in [0.29, 0.717) is 12.2 Å². The Bertz CT molecular complexity index is 1450. The number of terminal acetylenes is 1. The third-order valence-electron chi connectivity index (χ3n) is 4.71. The largest absolute Gasteiger partial charge is 0.495 e. The van der Waals surface area contributed by atoms with Gasteiger partial charge in [-0.1, -0.05) is 11.1 Å². The first-order valence-corrected chi connectivity index (χ1v) is 10.9. The number of benzene rings is 1. The maximum atomic E-state index is 13.4. The lowest BCUT2D eigenvalue weighted by atomic mass is 10.2. The van der Waals surface area contributed by atoms with Crippen LogP contribution in [0, 0.1) is 12.3 Å². The first kappa shape index (κ1) is 22.0. The lowest BCUT2D eigenvalue weighted by Crippen LogP contribution is -2.16. The van der Waals surface area contributed by atoms with Crippen molar-refractivity contribution in [1.29, 1.82) is 0 Å². The zero-order valence-corrected chi connectivity index (χ0v) is 18.7. The van der Waals surface area contributed by atoms with E-state index in [1.54, 1.807) is 29.2 Å². The molecular formula is C21H19N5O6S. The normalized spacial score (nSPS) is 11.2. The number of nitrogens with zero attached hydrogens (tertiary/aromatic N) is 4. The fraction of sp³-hybridized carbons (Fsp3) is 0.190. The summed E-state index contributed by atoms with van der Waals surface area (Å²) in [4.78, 5) is 4.15. The summed E-state index contributed by atoms with van der Waals surface area (Å²) < 4.78 is 52.0. The van der Waals surface area contributed by atoms with E-state index < -0.39 is 10.0 Å². The number of sulfonamides is 1. The van der Waals surface area contributed by atoms with Crippen molar-refractivity contribution < 1.29 is 27.2 Å². The van der Waals surface area contributed by atoms with Gasteiger partial charge >= 0.3 is 0 Å². The van der Waals surface area contributed by atoms with Crippen molar-refractivity contribution in [3.05, 3.63) is 47.9 Å². The van der Waals surface area contributed by atoms with E-state index in [9.17, 15) is 8.42 Å². The second kappa shape index (κ2) is 8.71. The third-order valence-corrected chi connectivity index (χ3v) is 6.09. The molecule has 0 aliphatic rings. The molecule has 0 bridgehead atoms. The number of methoxy groups -OCH3 is 3. The summed E-state index contributed by atoms with van der Waals surface area (Å²) in [6, 6.07) is 6.38. The Morgan fingerprint density at radius 3 is 2.67 bits per heavy atom. The smallest absolute Gasteiger partial charge is 0.270 e. The molecule has 33 heavy (non-hydrogen) atoms. The molecule has 0 amide bonds. The molecule has 11 nitrogen and oxygen atoms in total. The van der Waals surface area contributed by atoms with Gasteiger partial charge in [0.2, 0.25) is 5.88 Å². The summed E-state index contributed by atoms with van der Waals surface area (Å²) in [6.07, 6.45) is 8.93. The Balaban J connectivity index is 1.79. The van der Waals surface area contributed by atoms with Gasteiger partial charge in [-0.3, -0.25) is 9.40 Å². The number of aromatic nitrogens is 4. The van der Waals surface area contributed by atoms with Crippen LogP contribution in [0.25, 0.3) is 11.0 Å². The van der Waals surface area contributed by atoms with Crippen LogP contribution >= 0.6 is 0 Å². The van der Waals surface area contributed by atoms with Crippen LogP contribution in [-0.2, 0) is 16.6 Å². The van der Waals surface area contributed by atoms with Crippen LogP contribution in [0.2, 0.25) is 0 Å². The first-order chi connectivity index (χ1) is 15.9. The van der Waals surface area contributed by atoms with Crippen molar-refractivity contribution in [3.8, 4) is 29.7 Å². The maximum Gasteiger partial charge on any atom is 0.270 e. The number of rotatable bonds is 8. The highest BCUT2D eigenvalue weighted by molar-refractivity contribution is 7.93. The van der Waals surface area contributed by atoms with E-state index in [4.69, 9.17) is 25.2 Å². The summed E-state index contributed by atoms with van der Waals surface area (Å²) in [5.41, 5.74) is 1.10. The molecule has 0 spiro atoms. The predicted molar refractivity (Wildman–Crippen MR) is 118 cm³/mol. The van der Waals surface area contributed by atoms with Crippen LogP contribution in [0.15, 0.2) is 46.1 Å². The van der Waals surface area contributed by atoms with Gasteiger partial charge in [0.1, 0.15) is 11.1 Å². The quantitative estimate of drug-likeness (QED) is 0.386. The molecule has 0 unspecified atom stereocenters. The van der Waals surface area contributed by atoms with Crippen LogP contribution < -0.4 is 18.9 Å². The number of nitrogens with one attached hydrogen (secondary N) is 1. The van der Waals surface area contributed by atoms with Crippen LogP contribution in [0.3, 0.4) is 0 Å². The Morgan fingerprint density at radius 2 is 2.03 bits per heavy atom. The van der Waals surface area contributed by atoms with Crippen LogP contribution in [0.4, 0.5) is 5.82 Å². The average Bonchev–Trinajstić information content (AvgIpc) is 3.47. The summed E-state index contributed by atoms with van der Waals surface area (Å²) in [6.45, 7) is 0.355. The van der Waals surface area contributed by atoms with E-state index >= 15 is 0 Å². The SMILES string of the molecule is C#Cc1ccc(OC)c(S(=O)(=O)Nc2noc3cc(Cn4cccn4)nc(OC)c23)c1OC. The molecule has 3 aromatic heterocycles. The minimum Gasteiger partial charge on any atom is -0.495 e. The summed E-state index contributed by atoms with van der Waals surface area (Å²) in [5.74, 6) is 2.41. The highest BCUT2D eigenvalue weighted by atomic mass is 32.2. The number of hydrogen-bond donors (Lipinski definition) is 1. The zero-order chi connectivity index (χ0) is 23.6. The fourth-order valence-corrected chi connectivity index (χ4v) is 4.64. The fourth-order valence-electron chi connectivity index (χ4n) is 3.29. The Hall–Kier alpha value is -4.24. The number of pyridine rings is 1. The molecule has 0 radical (unpaired) electrons. The molecule has 4 rings (SSSR count). The minimum absolute atomic E-state index is 0.0382. The molecule has 1 N–H and O–H groups in total. The van der Waals surface area contributed by atoms with Crippen molar-refractivity contribution in [1.82, 2.24) is 19.9 Å². The van der Waals surface area contributed by atoms with Gasteiger partial charge in [-0.2, -0.15) is 5.10 Å². The predicted octanol–water partition coefficient (Wildman–Crippen LogP) is 2.28. The monoisotopic (exact) mass is 469 g/mol. The van der Waals surface area contributed by atoms with Gasteiger partial charge in [0, 0.05) is 18.5 Å². The van der Waals surface area contributed by atoms with E-state index in [1.807, 2.05) is 0 Å². The molecule has 0 aliphatic heterocycles. The topological polar surface area (TPSA) is 131 Å². The van der Waals surface area contributed by atoms with Gasteiger partial charge in [0.25, 0.3) is 10.0 Å². The number of ether oxygens (including phenoxy) is 3. The van der Waals surface area contributed by atoms with E-state index in [2.05, 4.69) is 25.9 Å². The molecular weight excluding hydrogens is 450 g/mol. The molecule has 0 saturated heterocycles. The summed E-state index contributed by atoms with van der Waals surface area (Å²) in [7, 11) is -0.225. The summed E-state index contributed by atoms with van der Waals surface area (Å²) in [5, 5.41) is 8.26. The Morgan fingerprint density at radius 1 is 1.21 bits per heavy atom. The second-order valence-corrected chi connectivity index (χ2v) is 8.28. The van der Waals surface area contributed by atoms with Gasteiger partial charge in [0.15, 0.2) is 22.0 Å². The van der Waals surface area contributed by atoms with Crippen LogP contribution in [-0.4, -0.2) is 49.7 Å². The average molecular weight is 469 g/mol. The van der Waals surface area contributed by atoms with Crippen molar-refractivity contribution >= 4 is 26.8 Å². The summed E-state index contributed by atoms with van der Waals surface area (Å²) >= 11 is 0. The molecule has 0 saturated carbocycles. The standard InChI is InChI=1S/C21H19N5O6S/c1-5-13-7-8-15(29-2)19(18(13)30-3)33(27,28)25-20-17-16(32-24-20)11-14(23-21(17)31-4)12-26-10-6-9-22-26/h1,6-11H,12H2,2-4H3,(H,24,25). The zero-order valence-electron chi connectivity index (χ0n) is 17.9. The Kier molecular flexibility index (Phi) is 5.80. The second-order valence-electron chi connectivity index (χ2n) is 6.66. The van der Waals surface area contributed by atoms with E-state index in [0.717, 1.165) is 0 Å². The molecule has 12 heteroatoms. The molecule has 4 aromatic rings. The lowest BCUT2D eigenvalue weighted by Gasteiger charge is -2.15. The Labute approximate surface area is 189 Å². The van der Waals surface area contributed by atoms with Crippen molar-refractivity contribution in [2.75, 3.05) is 26.1 Å².